The lowest BCUT2D eigenvalue weighted by Gasteiger charge is -2.62. The van der Waals surface area contributed by atoms with Crippen molar-refractivity contribution >= 4 is 5.97 Å². The number of carboxylic acids is 1. The van der Waals surface area contributed by atoms with Gasteiger partial charge in [0.2, 0.25) is 0 Å². The number of hydrogen-bond acceptors (Lipinski definition) is 13. The molecule has 0 radical (unpaired) electrons. The lowest BCUT2D eigenvalue weighted by Crippen LogP contribution is -2.63. The number of carboxylic acid groups (broad SMARTS) is 1. The molecular formula is C26H52O14. The Kier molecular flexibility index (Phi) is 18.0. The van der Waals surface area contributed by atoms with Crippen LogP contribution >= 0.6 is 0 Å². The van der Waals surface area contributed by atoms with Crippen molar-refractivity contribution in [2.24, 2.45) is 16.2 Å². The van der Waals surface area contributed by atoms with Gasteiger partial charge in [0.25, 0.3) is 0 Å². The van der Waals surface area contributed by atoms with Gasteiger partial charge in [-0.2, -0.15) is 0 Å². The number of aliphatic carboxylic acids is 1. The van der Waals surface area contributed by atoms with Crippen molar-refractivity contribution in [1.29, 1.82) is 0 Å². The molecule has 0 saturated carbocycles. The second-order valence-corrected chi connectivity index (χ2v) is 11.1. The summed E-state index contributed by atoms with van der Waals surface area (Å²) < 4.78 is 0. The van der Waals surface area contributed by atoms with E-state index in [1.165, 1.54) is 0 Å². The molecule has 0 amide bonds. The minimum Gasteiger partial charge on any atom is -0.481 e. The molecule has 0 heterocycles. The van der Waals surface area contributed by atoms with Crippen molar-refractivity contribution in [3.63, 3.8) is 0 Å². The third-order valence-corrected chi connectivity index (χ3v) is 8.20. The van der Waals surface area contributed by atoms with Gasteiger partial charge in [-0.3, -0.25) is 4.79 Å². The van der Waals surface area contributed by atoms with E-state index < -0.39 is 137 Å². The topological polar surface area (TPSA) is 280 Å². The smallest absolute Gasteiger partial charge is 0.310 e. The van der Waals surface area contributed by atoms with Crippen LogP contribution in [0.1, 0.15) is 64.7 Å². The maximum absolute atomic E-state index is 13.4. The molecular weight excluding hydrogens is 536 g/mol. The molecule has 240 valence electrons. The van der Waals surface area contributed by atoms with Crippen LogP contribution in [0.2, 0.25) is 0 Å². The molecule has 14 heteroatoms. The molecule has 6 unspecified atom stereocenters. The highest BCUT2D eigenvalue weighted by molar-refractivity contribution is 5.76. The number of aliphatic hydroxyl groups is 12. The van der Waals surface area contributed by atoms with E-state index in [2.05, 4.69) is 0 Å². The molecule has 0 aromatic heterocycles. The molecule has 0 aliphatic rings. The predicted octanol–water partition coefficient (Wildman–Crippen LogP) is -3.32. The summed E-state index contributed by atoms with van der Waals surface area (Å²) >= 11 is 0. The quantitative estimate of drug-likeness (QED) is 0.0525. The van der Waals surface area contributed by atoms with Crippen LogP contribution in [0.25, 0.3) is 0 Å². The summed E-state index contributed by atoms with van der Waals surface area (Å²) in [6, 6.07) is 0. The van der Waals surface area contributed by atoms with E-state index in [-0.39, 0.29) is 6.42 Å². The van der Waals surface area contributed by atoms with Crippen molar-refractivity contribution in [3.8, 4) is 0 Å². The third kappa shape index (κ3) is 9.78. The summed E-state index contributed by atoms with van der Waals surface area (Å²) in [7, 11) is 0. The molecule has 13 N–H and O–H groups in total. The minimum atomic E-state index is -2.46. The highest BCUT2D eigenvalue weighted by atomic mass is 16.4. The van der Waals surface area contributed by atoms with E-state index in [4.69, 9.17) is 0 Å². The van der Waals surface area contributed by atoms with Crippen LogP contribution in [-0.4, -0.2) is 149 Å². The number of rotatable bonds is 24. The van der Waals surface area contributed by atoms with E-state index in [0.717, 1.165) is 0 Å². The molecule has 40 heavy (non-hydrogen) atoms. The molecule has 0 aromatic carbocycles. The lowest BCUT2D eigenvalue weighted by atomic mass is 9.41. The maximum atomic E-state index is 13.4. The van der Waals surface area contributed by atoms with Crippen LogP contribution in [0, 0.1) is 16.2 Å². The monoisotopic (exact) mass is 588 g/mol. The van der Waals surface area contributed by atoms with Crippen LogP contribution in [0.15, 0.2) is 0 Å². The molecule has 0 fully saturated rings. The van der Waals surface area contributed by atoms with Gasteiger partial charge in [0.15, 0.2) is 0 Å². The summed E-state index contributed by atoms with van der Waals surface area (Å²) in [6.07, 6.45) is -13.1. The van der Waals surface area contributed by atoms with Gasteiger partial charge < -0.3 is 66.4 Å². The van der Waals surface area contributed by atoms with Gasteiger partial charge in [-0.25, -0.2) is 0 Å². The molecule has 0 aliphatic carbocycles. The Labute approximate surface area is 234 Å². The first-order chi connectivity index (χ1) is 18.7. The van der Waals surface area contributed by atoms with Gasteiger partial charge in [0.05, 0.1) is 81.7 Å². The summed E-state index contributed by atoms with van der Waals surface area (Å²) in [5, 5.41) is 134. The zero-order chi connectivity index (χ0) is 31.1. The second kappa shape index (κ2) is 18.5. The summed E-state index contributed by atoms with van der Waals surface area (Å²) in [4.78, 5) is 13.4. The average Bonchev–Trinajstić information content (AvgIpc) is 2.93. The zero-order valence-electron chi connectivity index (χ0n) is 23.3. The summed E-state index contributed by atoms with van der Waals surface area (Å²) in [5.41, 5.74) is -6.31. The third-order valence-electron chi connectivity index (χ3n) is 8.20. The Morgan fingerprint density at radius 3 is 1.12 bits per heavy atom. The van der Waals surface area contributed by atoms with Crippen LogP contribution in [0.3, 0.4) is 0 Å². The fourth-order valence-corrected chi connectivity index (χ4v) is 6.60. The Morgan fingerprint density at radius 1 is 0.550 bits per heavy atom. The van der Waals surface area contributed by atoms with Crippen LogP contribution in [-0.2, 0) is 4.79 Å². The van der Waals surface area contributed by atoms with E-state index >= 15 is 0 Å². The zero-order valence-corrected chi connectivity index (χ0v) is 23.3. The van der Waals surface area contributed by atoms with Gasteiger partial charge in [-0.1, -0.05) is 19.8 Å². The average molecular weight is 589 g/mol. The lowest BCUT2D eigenvalue weighted by molar-refractivity contribution is -0.215. The SMILES string of the molecule is CCCCC(CC(O)CO)(CC(O)CO)C(CC(O)CO)(CC(O)CO)C(CC(O)CO)(CC(O)CO)C(=O)O. The van der Waals surface area contributed by atoms with Crippen LogP contribution < -0.4 is 0 Å². The first-order valence-electron chi connectivity index (χ1n) is 13.7. The van der Waals surface area contributed by atoms with Crippen molar-refractivity contribution in [2.45, 2.75) is 101 Å². The Morgan fingerprint density at radius 2 is 0.850 bits per heavy atom. The number of unbranched alkanes of at least 4 members (excludes halogenated alkanes) is 1. The number of hydrogen-bond donors (Lipinski definition) is 13. The number of aliphatic hydroxyl groups excluding tert-OH is 12. The van der Waals surface area contributed by atoms with Gasteiger partial charge in [-0.15, -0.1) is 0 Å². The van der Waals surface area contributed by atoms with Crippen molar-refractivity contribution < 1.29 is 71.2 Å². The highest BCUT2D eigenvalue weighted by Crippen LogP contribution is 2.66. The van der Waals surface area contributed by atoms with Crippen LogP contribution in [0.5, 0.6) is 0 Å². The molecule has 0 rings (SSSR count). The molecule has 0 saturated heterocycles. The predicted molar refractivity (Wildman–Crippen MR) is 141 cm³/mol. The van der Waals surface area contributed by atoms with Gasteiger partial charge >= 0.3 is 5.97 Å². The van der Waals surface area contributed by atoms with Gasteiger partial charge in [-0.05, 0) is 55.8 Å². The summed E-state index contributed by atoms with van der Waals surface area (Å²) in [5.74, 6) is -1.69. The summed E-state index contributed by atoms with van der Waals surface area (Å²) in [6.45, 7) is -3.54. The normalized spacial score (nSPS) is 21.3. The fourth-order valence-electron chi connectivity index (χ4n) is 6.60. The van der Waals surface area contributed by atoms with Crippen molar-refractivity contribution in [1.82, 2.24) is 0 Å². The van der Waals surface area contributed by atoms with E-state index in [0.29, 0.717) is 12.8 Å². The van der Waals surface area contributed by atoms with Gasteiger partial charge in [0.1, 0.15) is 0 Å². The van der Waals surface area contributed by atoms with Gasteiger partial charge in [0, 0.05) is 0 Å². The first-order valence-corrected chi connectivity index (χ1v) is 13.7. The number of carbonyl (C=O) groups is 1. The van der Waals surface area contributed by atoms with Crippen molar-refractivity contribution in [3.05, 3.63) is 0 Å². The Hall–Kier alpha value is -1.01. The standard InChI is InChI=1S/C26H52O14/c1-2-3-4-24(5-17(33)11-27,6-18(34)12-28)26(9-21(37)15-31,10-22(38)16-32)25(23(39)40,7-19(35)13-29)8-20(36)14-30/h17-22,27-38H,2-16H2,1H3,(H,39,40). The van der Waals surface area contributed by atoms with Crippen molar-refractivity contribution in [2.75, 3.05) is 39.6 Å². The second-order valence-electron chi connectivity index (χ2n) is 11.1. The maximum Gasteiger partial charge on any atom is 0.310 e. The molecule has 14 nitrogen and oxygen atoms in total. The largest absolute Gasteiger partial charge is 0.481 e. The Bertz CT molecular complexity index is 656. The van der Waals surface area contributed by atoms with E-state index in [1.54, 1.807) is 6.92 Å². The fraction of sp³-hybridized carbons (Fsp3) is 0.962. The minimum absolute atomic E-state index is 0.0343. The highest BCUT2D eigenvalue weighted by Gasteiger charge is 2.67. The molecule has 0 spiro atoms. The van der Waals surface area contributed by atoms with E-state index in [9.17, 15) is 71.2 Å². The first kappa shape index (κ1) is 39.0. The molecule has 6 atom stereocenters. The van der Waals surface area contributed by atoms with Crippen LogP contribution in [0.4, 0.5) is 0 Å². The Balaban J connectivity index is 8.31. The molecule has 0 aromatic rings. The van der Waals surface area contributed by atoms with E-state index in [1.807, 2.05) is 0 Å². The molecule has 0 aliphatic heterocycles. The molecule has 0 bridgehead atoms.